The number of amides is 3. The van der Waals surface area contributed by atoms with E-state index < -0.39 is 24.0 Å². The quantitative estimate of drug-likeness (QED) is 0.874. The number of hydrogen-bond donors (Lipinski definition) is 1. The van der Waals surface area contributed by atoms with Crippen molar-refractivity contribution in [2.24, 2.45) is 0 Å². The number of imidazole rings is 1. The minimum Gasteiger partial charge on any atom is -0.466 e. The smallest absolute Gasteiger partial charge is 0.325 e. The summed E-state index contributed by atoms with van der Waals surface area (Å²) in [6, 6.07) is 2.46. The number of carbonyl (C=O) groups is 2. The maximum Gasteiger partial charge on any atom is 0.325 e. The summed E-state index contributed by atoms with van der Waals surface area (Å²) in [5.74, 6) is -0.399. The van der Waals surface area contributed by atoms with Crippen LogP contribution in [0.3, 0.4) is 0 Å². The topological polar surface area (TPSA) is 80.4 Å². The van der Waals surface area contributed by atoms with Crippen LogP contribution in [-0.2, 0) is 16.9 Å². The van der Waals surface area contributed by atoms with Gasteiger partial charge in [0.05, 0.1) is 12.8 Å². The molecule has 3 amide bonds. The predicted octanol–water partition coefficient (Wildman–Crippen LogP) is 1.84. The highest BCUT2D eigenvalue weighted by molar-refractivity contribution is 6.06. The Kier molecular flexibility index (Phi) is 3.19. The zero-order chi connectivity index (χ0) is 15.9. The van der Waals surface area contributed by atoms with Crippen molar-refractivity contribution in [3.63, 3.8) is 0 Å². The molecule has 0 radical (unpaired) electrons. The minimum absolute atomic E-state index is 0.0813. The summed E-state index contributed by atoms with van der Waals surface area (Å²) in [7, 11) is 0. The molecule has 2 aromatic heterocycles. The monoisotopic (exact) mass is 310 g/mol. The van der Waals surface area contributed by atoms with E-state index in [9.17, 15) is 18.4 Å². The number of hydrogen-bond acceptors (Lipinski definition) is 4. The molecular formula is C13H12F2N4O3. The largest absolute Gasteiger partial charge is 0.466 e. The second kappa shape index (κ2) is 4.93. The average molecular weight is 310 g/mol. The maximum atomic E-state index is 12.8. The number of imide groups is 1. The molecule has 9 heteroatoms. The fourth-order valence-corrected chi connectivity index (χ4v) is 2.36. The van der Waals surface area contributed by atoms with Crippen molar-refractivity contribution in [1.82, 2.24) is 19.8 Å². The third kappa shape index (κ3) is 2.05. The van der Waals surface area contributed by atoms with Crippen LogP contribution in [0.15, 0.2) is 35.2 Å². The zero-order valence-electron chi connectivity index (χ0n) is 11.5. The maximum absolute atomic E-state index is 12.8. The highest BCUT2D eigenvalue weighted by Gasteiger charge is 2.51. The summed E-state index contributed by atoms with van der Waals surface area (Å²) < 4.78 is 31.4. The van der Waals surface area contributed by atoms with Crippen LogP contribution in [0.25, 0.3) is 0 Å². The van der Waals surface area contributed by atoms with Crippen molar-refractivity contribution in [3.05, 3.63) is 42.4 Å². The molecule has 1 unspecified atom stereocenters. The second-order valence-corrected chi connectivity index (χ2v) is 4.95. The normalized spacial score (nSPS) is 21.7. The van der Waals surface area contributed by atoms with Gasteiger partial charge in [-0.05, 0) is 19.1 Å². The Morgan fingerprint density at radius 1 is 1.45 bits per heavy atom. The third-order valence-corrected chi connectivity index (χ3v) is 3.55. The van der Waals surface area contributed by atoms with Crippen molar-refractivity contribution in [2.75, 3.05) is 0 Å². The van der Waals surface area contributed by atoms with Gasteiger partial charge in [0.25, 0.3) is 5.91 Å². The number of halogens is 2. The Morgan fingerprint density at radius 2 is 2.23 bits per heavy atom. The van der Waals surface area contributed by atoms with Crippen LogP contribution >= 0.6 is 0 Å². The van der Waals surface area contributed by atoms with Crippen LogP contribution in [0.2, 0.25) is 0 Å². The lowest BCUT2D eigenvalue weighted by molar-refractivity contribution is -0.132. The Bertz CT molecular complexity index is 713. The first-order valence-electron chi connectivity index (χ1n) is 6.41. The molecule has 0 aliphatic carbocycles. The van der Waals surface area contributed by atoms with Crippen molar-refractivity contribution >= 4 is 11.9 Å². The number of carbonyl (C=O) groups excluding carboxylic acids is 2. The Labute approximate surface area is 123 Å². The van der Waals surface area contributed by atoms with Gasteiger partial charge in [0.2, 0.25) is 0 Å². The molecule has 0 aromatic carbocycles. The van der Waals surface area contributed by atoms with Crippen molar-refractivity contribution in [1.29, 1.82) is 0 Å². The molecule has 0 spiro atoms. The lowest BCUT2D eigenvalue weighted by Gasteiger charge is -2.19. The summed E-state index contributed by atoms with van der Waals surface area (Å²) in [5.41, 5.74) is -1.36. The van der Waals surface area contributed by atoms with Gasteiger partial charge in [-0.2, -0.15) is 8.78 Å². The standard InChI is InChI=1S/C13H12F2N4O3/c1-13(8-3-2-6-22-8)10(20)19(12(21)17-13)7-9-16-4-5-18(9)11(14)15/h2-6,11H,7H2,1H3,(H,17,21). The minimum atomic E-state index is -2.80. The van der Waals surface area contributed by atoms with E-state index in [1.165, 1.54) is 19.4 Å². The van der Waals surface area contributed by atoms with Gasteiger partial charge in [-0.3, -0.25) is 14.3 Å². The predicted molar refractivity (Wildman–Crippen MR) is 68.6 cm³/mol. The average Bonchev–Trinajstić information content (AvgIpc) is 3.17. The molecule has 2 aromatic rings. The van der Waals surface area contributed by atoms with E-state index in [-0.39, 0.29) is 18.1 Å². The number of furan rings is 1. The molecule has 7 nitrogen and oxygen atoms in total. The number of nitrogens with zero attached hydrogens (tertiary/aromatic N) is 3. The van der Waals surface area contributed by atoms with Gasteiger partial charge < -0.3 is 9.73 Å². The molecule has 1 fully saturated rings. The molecule has 3 rings (SSSR count). The number of alkyl halides is 2. The number of nitrogens with one attached hydrogen (secondary N) is 1. The summed E-state index contributed by atoms with van der Waals surface area (Å²) in [5, 5.41) is 2.51. The van der Waals surface area contributed by atoms with Crippen molar-refractivity contribution in [2.45, 2.75) is 25.6 Å². The lowest BCUT2D eigenvalue weighted by Crippen LogP contribution is -2.40. The van der Waals surface area contributed by atoms with E-state index in [0.717, 1.165) is 11.1 Å². The second-order valence-electron chi connectivity index (χ2n) is 4.95. The highest BCUT2D eigenvalue weighted by atomic mass is 19.3. The van der Waals surface area contributed by atoms with Crippen LogP contribution in [0.4, 0.5) is 13.6 Å². The molecule has 0 saturated carbocycles. The molecule has 3 heterocycles. The molecular weight excluding hydrogens is 298 g/mol. The zero-order valence-corrected chi connectivity index (χ0v) is 11.5. The van der Waals surface area contributed by atoms with Gasteiger partial charge in [-0.1, -0.05) is 0 Å². The van der Waals surface area contributed by atoms with E-state index in [1.54, 1.807) is 12.1 Å². The molecule has 1 saturated heterocycles. The van der Waals surface area contributed by atoms with Gasteiger partial charge in [0, 0.05) is 12.4 Å². The van der Waals surface area contributed by atoms with Crippen LogP contribution in [0, 0.1) is 0 Å². The Morgan fingerprint density at radius 3 is 2.86 bits per heavy atom. The first-order valence-corrected chi connectivity index (χ1v) is 6.41. The van der Waals surface area contributed by atoms with Gasteiger partial charge >= 0.3 is 12.6 Å². The fourth-order valence-electron chi connectivity index (χ4n) is 2.36. The number of urea groups is 1. The molecule has 22 heavy (non-hydrogen) atoms. The van der Waals surface area contributed by atoms with Crippen LogP contribution in [-0.4, -0.2) is 26.4 Å². The van der Waals surface area contributed by atoms with E-state index in [0.29, 0.717) is 4.57 Å². The van der Waals surface area contributed by atoms with Crippen molar-refractivity contribution in [3.8, 4) is 0 Å². The van der Waals surface area contributed by atoms with E-state index in [1.807, 2.05) is 0 Å². The summed E-state index contributed by atoms with van der Waals surface area (Å²) >= 11 is 0. The molecule has 1 atom stereocenters. The lowest BCUT2D eigenvalue weighted by atomic mass is 9.99. The summed E-state index contributed by atoms with van der Waals surface area (Å²) in [4.78, 5) is 29.1. The van der Waals surface area contributed by atoms with E-state index >= 15 is 0 Å². The fraction of sp³-hybridized carbons (Fsp3) is 0.308. The first-order chi connectivity index (χ1) is 10.4. The third-order valence-electron chi connectivity index (χ3n) is 3.55. The van der Waals surface area contributed by atoms with Crippen LogP contribution < -0.4 is 5.32 Å². The molecule has 1 aliphatic heterocycles. The van der Waals surface area contributed by atoms with Gasteiger partial charge in [-0.25, -0.2) is 9.78 Å². The number of aromatic nitrogens is 2. The highest BCUT2D eigenvalue weighted by Crippen LogP contribution is 2.30. The first kappa shape index (κ1) is 14.2. The van der Waals surface area contributed by atoms with E-state index in [4.69, 9.17) is 4.42 Å². The Balaban J connectivity index is 1.88. The Hall–Kier alpha value is -2.71. The number of rotatable bonds is 4. The van der Waals surface area contributed by atoms with E-state index in [2.05, 4.69) is 10.3 Å². The molecule has 1 aliphatic rings. The van der Waals surface area contributed by atoms with Crippen LogP contribution in [0.1, 0.15) is 25.1 Å². The van der Waals surface area contributed by atoms with Crippen LogP contribution in [0.5, 0.6) is 0 Å². The molecule has 0 bridgehead atoms. The van der Waals surface area contributed by atoms with Crippen molar-refractivity contribution < 1.29 is 22.8 Å². The van der Waals surface area contributed by atoms with Gasteiger partial charge in [0.15, 0.2) is 5.54 Å². The SMILES string of the molecule is CC1(c2ccco2)NC(=O)N(Cc2nccn2C(F)F)C1=O. The van der Waals surface area contributed by atoms with Gasteiger partial charge in [-0.15, -0.1) is 0 Å². The van der Waals surface area contributed by atoms with Gasteiger partial charge in [0.1, 0.15) is 11.6 Å². The molecule has 116 valence electrons. The summed E-state index contributed by atoms with van der Waals surface area (Å²) in [6.45, 7) is -1.65. The molecule has 1 N–H and O–H groups in total. The summed E-state index contributed by atoms with van der Waals surface area (Å²) in [6.07, 6.45) is 3.65.